The third-order valence-electron chi connectivity index (χ3n) is 2.65. The molecule has 2 aromatic rings. The maximum absolute atomic E-state index is 11.8. The molecule has 1 heterocycles. The first-order valence-electron chi connectivity index (χ1n) is 5.48. The van der Waals surface area contributed by atoms with Crippen molar-refractivity contribution in [3.8, 4) is 0 Å². The van der Waals surface area contributed by atoms with Crippen LogP contribution >= 0.6 is 0 Å². The maximum atomic E-state index is 11.8. The van der Waals surface area contributed by atoms with Gasteiger partial charge in [0.05, 0.1) is 5.69 Å². The number of benzene rings is 1. The van der Waals surface area contributed by atoms with Crippen molar-refractivity contribution < 1.29 is 9.59 Å². The number of amides is 4. The van der Waals surface area contributed by atoms with Gasteiger partial charge in [-0.15, -0.1) is 0 Å². The molecule has 0 radical (unpaired) electrons. The topological polar surface area (TPSA) is 77.2 Å². The van der Waals surface area contributed by atoms with Gasteiger partial charge in [0.25, 0.3) is 0 Å². The first-order valence-corrected chi connectivity index (χ1v) is 5.48. The Hall–Kier alpha value is -2.50. The van der Waals surface area contributed by atoms with Crippen LogP contribution in [0.3, 0.4) is 0 Å². The first-order chi connectivity index (χ1) is 8.69. The molecule has 0 saturated carbocycles. The van der Waals surface area contributed by atoms with Gasteiger partial charge >= 0.3 is 12.1 Å². The number of imide groups is 1. The highest BCUT2D eigenvalue weighted by molar-refractivity contribution is 6.17. The van der Waals surface area contributed by atoms with Gasteiger partial charge in [-0.25, -0.2) is 14.5 Å². The normalized spacial score (nSPS) is 10.1. The van der Waals surface area contributed by atoms with Crippen LogP contribution in [0, 0.1) is 0 Å². The Morgan fingerprint density at radius 2 is 1.78 bits per heavy atom. The minimum atomic E-state index is -0.483. The van der Waals surface area contributed by atoms with Crippen LogP contribution in [0.4, 0.5) is 15.3 Å². The van der Waals surface area contributed by atoms with Gasteiger partial charge in [-0.1, -0.05) is 6.07 Å². The minimum absolute atomic E-state index is 0.483. The molecule has 0 fully saturated rings. The summed E-state index contributed by atoms with van der Waals surface area (Å²) >= 11 is 0. The fraction of sp³-hybridized carbons (Fsp3) is 0.167. The van der Waals surface area contributed by atoms with E-state index < -0.39 is 12.1 Å². The molecule has 18 heavy (non-hydrogen) atoms. The third kappa shape index (κ3) is 1.88. The van der Waals surface area contributed by atoms with Gasteiger partial charge in [0, 0.05) is 31.2 Å². The van der Waals surface area contributed by atoms with Gasteiger partial charge in [-0.3, -0.25) is 0 Å². The van der Waals surface area contributed by atoms with Gasteiger partial charge in [0.1, 0.15) is 0 Å². The van der Waals surface area contributed by atoms with Crippen LogP contribution in [-0.2, 0) is 0 Å². The van der Waals surface area contributed by atoms with Crippen molar-refractivity contribution in [3.63, 3.8) is 0 Å². The number of urea groups is 2. The predicted molar refractivity (Wildman–Crippen MR) is 69.7 cm³/mol. The van der Waals surface area contributed by atoms with Crippen molar-refractivity contribution in [3.05, 3.63) is 30.5 Å². The molecule has 6 nitrogen and oxygen atoms in total. The van der Waals surface area contributed by atoms with E-state index in [-0.39, 0.29) is 0 Å². The average molecular weight is 246 g/mol. The summed E-state index contributed by atoms with van der Waals surface area (Å²) in [5, 5.41) is 5.71. The largest absolute Gasteiger partial charge is 0.361 e. The van der Waals surface area contributed by atoms with Gasteiger partial charge in [0.2, 0.25) is 0 Å². The quantitative estimate of drug-likeness (QED) is 0.715. The Labute approximate surface area is 104 Å². The van der Waals surface area contributed by atoms with Gasteiger partial charge in [0.15, 0.2) is 0 Å². The smallest absolute Gasteiger partial charge is 0.329 e. The number of fused-ring (bicyclic) bond motifs is 1. The van der Waals surface area contributed by atoms with E-state index in [1.165, 1.54) is 14.1 Å². The van der Waals surface area contributed by atoms with Crippen LogP contribution in [0.15, 0.2) is 30.5 Å². The minimum Gasteiger partial charge on any atom is -0.361 e. The number of anilines is 1. The van der Waals surface area contributed by atoms with Crippen molar-refractivity contribution in [2.75, 3.05) is 19.0 Å². The van der Waals surface area contributed by atoms with Crippen molar-refractivity contribution in [2.24, 2.45) is 0 Å². The van der Waals surface area contributed by atoms with E-state index >= 15 is 0 Å². The highest BCUT2D eigenvalue weighted by Crippen LogP contribution is 2.26. The summed E-state index contributed by atoms with van der Waals surface area (Å²) in [4.78, 5) is 27.7. The Morgan fingerprint density at radius 1 is 1.11 bits per heavy atom. The molecule has 0 bridgehead atoms. The molecule has 0 spiro atoms. The molecule has 0 atom stereocenters. The number of rotatable bonds is 1. The number of carbonyl (C=O) groups excluding carboxylic acids is 2. The maximum Gasteiger partial charge on any atom is 0.329 e. The summed E-state index contributed by atoms with van der Waals surface area (Å²) < 4.78 is 0. The standard InChI is InChI=1S/C12H14N4O2/c1-13-11(17)16(12(18)14-2)10-5-3-4-9-8(10)6-7-15-9/h3-7,15H,1-2H3,(H,13,17)(H,14,18). The number of nitrogens with zero attached hydrogens (tertiary/aromatic N) is 1. The SMILES string of the molecule is CNC(=O)N(C(=O)NC)c1cccc2[nH]ccc12. The number of carbonyl (C=O) groups is 2. The zero-order chi connectivity index (χ0) is 13.1. The number of hydrogen-bond acceptors (Lipinski definition) is 2. The predicted octanol–water partition coefficient (Wildman–Crippen LogP) is 1.65. The molecular formula is C12H14N4O2. The number of hydrogen-bond donors (Lipinski definition) is 3. The molecule has 0 aliphatic rings. The fourth-order valence-electron chi connectivity index (χ4n) is 1.80. The summed E-state index contributed by atoms with van der Waals surface area (Å²) in [6, 6.07) is 6.24. The molecule has 94 valence electrons. The second-order valence-corrected chi connectivity index (χ2v) is 3.66. The fourth-order valence-corrected chi connectivity index (χ4v) is 1.80. The van der Waals surface area contributed by atoms with Gasteiger partial charge < -0.3 is 15.6 Å². The highest BCUT2D eigenvalue weighted by atomic mass is 16.2. The molecule has 1 aromatic heterocycles. The Kier molecular flexibility index (Phi) is 3.18. The molecular weight excluding hydrogens is 232 g/mol. The molecule has 0 saturated heterocycles. The zero-order valence-corrected chi connectivity index (χ0v) is 10.2. The molecule has 0 aliphatic carbocycles. The number of aromatic nitrogens is 1. The zero-order valence-electron chi connectivity index (χ0n) is 10.2. The number of H-pyrrole nitrogens is 1. The van der Waals surface area contributed by atoms with Crippen LogP contribution < -0.4 is 15.5 Å². The molecule has 4 amide bonds. The van der Waals surface area contributed by atoms with Crippen molar-refractivity contribution in [1.82, 2.24) is 15.6 Å². The number of aromatic amines is 1. The van der Waals surface area contributed by atoms with Crippen LogP contribution in [0.2, 0.25) is 0 Å². The van der Waals surface area contributed by atoms with E-state index in [1.54, 1.807) is 18.3 Å². The summed E-state index contributed by atoms with van der Waals surface area (Å²) in [6.45, 7) is 0. The molecule has 1 aromatic carbocycles. The van der Waals surface area contributed by atoms with Crippen LogP contribution in [0.5, 0.6) is 0 Å². The van der Waals surface area contributed by atoms with E-state index in [9.17, 15) is 9.59 Å². The molecule has 6 heteroatoms. The Morgan fingerprint density at radius 3 is 2.39 bits per heavy atom. The van der Waals surface area contributed by atoms with Crippen molar-refractivity contribution in [1.29, 1.82) is 0 Å². The average Bonchev–Trinajstić information content (AvgIpc) is 2.87. The second-order valence-electron chi connectivity index (χ2n) is 3.66. The van der Waals surface area contributed by atoms with Crippen LogP contribution in [-0.4, -0.2) is 31.1 Å². The lowest BCUT2D eigenvalue weighted by Crippen LogP contribution is -2.46. The summed E-state index contributed by atoms with van der Waals surface area (Å²) in [7, 11) is 2.96. The number of nitrogens with one attached hydrogen (secondary N) is 3. The van der Waals surface area contributed by atoms with Gasteiger partial charge in [-0.2, -0.15) is 0 Å². The van der Waals surface area contributed by atoms with Crippen molar-refractivity contribution in [2.45, 2.75) is 0 Å². The summed E-state index contributed by atoms with van der Waals surface area (Å²) in [6.07, 6.45) is 1.76. The molecule has 0 aliphatic heterocycles. The lowest BCUT2D eigenvalue weighted by atomic mass is 10.2. The van der Waals surface area contributed by atoms with E-state index in [1.807, 2.05) is 12.1 Å². The lowest BCUT2D eigenvalue weighted by Gasteiger charge is -2.20. The first kappa shape index (κ1) is 12.0. The van der Waals surface area contributed by atoms with Gasteiger partial charge in [-0.05, 0) is 18.2 Å². The van der Waals surface area contributed by atoms with E-state index in [0.717, 1.165) is 15.8 Å². The Balaban J connectivity index is 2.57. The summed E-state index contributed by atoms with van der Waals surface area (Å²) in [5.74, 6) is 0. The van der Waals surface area contributed by atoms with E-state index in [4.69, 9.17) is 0 Å². The van der Waals surface area contributed by atoms with Crippen LogP contribution in [0.25, 0.3) is 10.9 Å². The molecule has 2 rings (SSSR count). The lowest BCUT2D eigenvalue weighted by molar-refractivity contribution is 0.236. The van der Waals surface area contributed by atoms with Crippen LogP contribution in [0.1, 0.15) is 0 Å². The molecule has 0 unspecified atom stereocenters. The second kappa shape index (κ2) is 4.79. The van der Waals surface area contributed by atoms with E-state index in [0.29, 0.717) is 5.69 Å². The molecule has 3 N–H and O–H groups in total. The van der Waals surface area contributed by atoms with E-state index in [2.05, 4.69) is 15.6 Å². The summed E-state index contributed by atoms with van der Waals surface area (Å²) in [5.41, 5.74) is 1.40. The Bertz CT molecular complexity index is 575. The highest BCUT2D eigenvalue weighted by Gasteiger charge is 2.23. The monoisotopic (exact) mass is 246 g/mol. The van der Waals surface area contributed by atoms with Crippen molar-refractivity contribution >= 4 is 28.7 Å². The third-order valence-corrected chi connectivity index (χ3v) is 2.65.